The highest BCUT2D eigenvalue weighted by atomic mass is 35.5. The number of nitrogens with zero attached hydrogens (tertiary/aromatic N) is 2. The largest absolute Gasteiger partial charge is 0.334 e. The lowest BCUT2D eigenvalue weighted by molar-refractivity contribution is 0.836. The molecule has 0 saturated heterocycles. The quantitative estimate of drug-likeness (QED) is 0.836. The second-order valence-electron chi connectivity index (χ2n) is 3.94. The maximum absolute atomic E-state index is 12.2. The summed E-state index contributed by atoms with van der Waals surface area (Å²) in [5.41, 5.74) is 0.727. The van der Waals surface area contributed by atoms with Crippen LogP contribution >= 0.6 is 11.6 Å². The van der Waals surface area contributed by atoms with Crippen LogP contribution in [0.2, 0.25) is 5.15 Å². The summed E-state index contributed by atoms with van der Waals surface area (Å²) in [6.07, 6.45) is 3.57. The van der Waals surface area contributed by atoms with Crippen LogP contribution in [0.1, 0.15) is 18.1 Å². The molecule has 0 saturated carbocycles. The van der Waals surface area contributed by atoms with Crippen LogP contribution in [-0.4, -0.2) is 14.5 Å². The highest BCUT2D eigenvalue weighted by Crippen LogP contribution is 2.09. The fourth-order valence-electron chi connectivity index (χ4n) is 1.75. The summed E-state index contributed by atoms with van der Waals surface area (Å²) in [6.45, 7) is 3.64. The maximum Gasteiger partial charge on any atom is 0.334 e. The fourth-order valence-corrected chi connectivity index (χ4v) is 2.04. The van der Waals surface area contributed by atoms with Gasteiger partial charge in [0, 0.05) is 6.20 Å². The molecule has 0 aliphatic rings. The molecule has 0 aliphatic carbocycles. The molecule has 2 aromatic heterocycles. The van der Waals surface area contributed by atoms with Gasteiger partial charge in [-0.05, 0) is 25.0 Å². The number of H-pyrrole nitrogens is 1. The van der Waals surface area contributed by atoms with Crippen molar-refractivity contribution < 1.29 is 0 Å². The van der Waals surface area contributed by atoms with Gasteiger partial charge in [0.05, 0.1) is 17.4 Å². The molecular weight excluding hydrogens is 254 g/mol. The number of pyridine rings is 1. The number of aryl methyl sites for hydroxylation is 1. The molecule has 0 aromatic carbocycles. The second-order valence-corrected chi connectivity index (χ2v) is 4.32. The Morgan fingerprint density at radius 1 is 1.39 bits per heavy atom. The third kappa shape index (κ3) is 2.09. The zero-order valence-electron chi connectivity index (χ0n) is 10.0. The molecule has 18 heavy (non-hydrogen) atoms. The van der Waals surface area contributed by atoms with Gasteiger partial charge >= 0.3 is 5.69 Å². The molecule has 0 aliphatic heterocycles. The molecule has 0 radical (unpaired) electrons. The molecule has 0 bridgehead atoms. The summed E-state index contributed by atoms with van der Waals surface area (Å²) in [4.78, 5) is 30.5. The lowest BCUT2D eigenvalue weighted by Crippen LogP contribution is -2.36. The third-order valence-corrected chi connectivity index (χ3v) is 2.94. The van der Waals surface area contributed by atoms with E-state index in [1.165, 1.54) is 6.20 Å². The minimum absolute atomic E-state index is 0.101. The number of aromatic amines is 1. The highest BCUT2D eigenvalue weighted by Gasteiger charge is 2.12. The van der Waals surface area contributed by atoms with Crippen molar-refractivity contribution in [2.24, 2.45) is 0 Å². The summed E-state index contributed by atoms with van der Waals surface area (Å²) in [5.74, 6) is 0. The third-order valence-electron chi connectivity index (χ3n) is 2.62. The van der Waals surface area contributed by atoms with Crippen LogP contribution in [0.4, 0.5) is 0 Å². The molecule has 0 amide bonds. The molecule has 0 unspecified atom stereocenters. The fraction of sp³-hybridized carbons (Fsp3) is 0.250. The monoisotopic (exact) mass is 265 g/mol. The first-order valence-electron chi connectivity index (χ1n) is 5.50. The van der Waals surface area contributed by atoms with Gasteiger partial charge in [-0.15, -0.1) is 0 Å². The van der Waals surface area contributed by atoms with Crippen LogP contribution in [0.25, 0.3) is 5.69 Å². The van der Waals surface area contributed by atoms with Crippen molar-refractivity contribution in [3.05, 3.63) is 55.6 Å². The highest BCUT2D eigenvalue weighted by molar-refractivity contribution is 6.30. The van der Waals surface area contributed by atoms with Crippen molar-refractivity contribution in [3.8, 4) is 5.69 Å². The zero-order chi connectivity index (χ0) is 13.3. The molecule has 0 fully saturated rings. The number of hydrogen-bond donors (Lipinski definition) is 1. The van der Waals surface area contributed by atoms with E-state index in [0.29, 0.717) is 17.7 Å². The molecule has 6 heteroatoms. The standard InChI is InChI=1S/C12H12ClN3O2/c1-3-9-10(13)15-12(18)16(11(9)17)8-4-7(2)5-14-6-8/h4-6H,3H2,1-2H3,(H,15,18). The lowest BCUT2D eigenvalue weighted by atomic mass is 10.2. The van der Waals surface area contributed by atoms with Gasteiger partial charge in [0.2, 0.25) is 0 Å². The predicted octanol–water partition coefficient (Wildman–Crippen LogP) is 1.45. The van der Waals surface area contributed by atoms with Crippen molar-refractivity contribution >= 4 is 11.6 Å². The smallest absolute Gasteiger partial charge is 0.297 e. The number of aromatic nitrogens is 3. The van der Waals surface area contributed by atoms with Crippen molar-refractivity contribution in [3.63, 3.8) is 0 Å². The lowest BCUT2D eigenvalue weighted by Gasteiger charge is -2.07. The van der Waals surface area contributed by atoms with Crippen LogP contribution in [0, 0.1) is 6.92 Å². The first-order valence-corrected chi connectivity index (χ1v) is 5.88. The van der Waals surface area contributed by atoms with Crippen molar-refractivity contribution in [1.82, 2.24) is 14.5 Å². The van der Waals surface area contributed by atoms with E-state index in [9.17, 15) is 9.59 Å². The summed E-state index contributed by atoms with van der Waals surface area (Å²) in [6, 6.07) is 1.72. The van der Waals surface area contributed by atoms with Crippen LogP contribution in [-0.2, 0) is 6.42 Å². The van der Waals surface area contributed by atoms with E-state index in [4.69, 9.17) is 11.6 Å². The predicted molar refractivity (Wildman–Crippen MR) is 69.6 cm³/mol. The van der Waals surface area contributed by atoms with E-state index in [2.05, 4.69) is 9.97 Å². The molecule has 0 atom stereocenters. The molecule has 2 rings (SSSR count). The summed E-state index contributed by atoms with van der Waals surface area (Å²) >= 11 is 5.84. The normalized spacial score (nSPS) is 10.6. The molecular formula is C12H12ClN3O2. The Bertz CT molecular complexity index is 703. The van der Waals surface area contributed by atoms with Crippen LogP contribution in [0.3, 0.4) is 0 Å². The zero-order valence-corrected chi connectivity index (χ0v) is 10.8. The Kier molecular flexibility index (Phi) is 3.34. The number of halogens is 1. The maximum atomic E-state index is 12.2. The Morgan fingerprint density at radius 2 is 2.11 bits per heavy atom. The van der Waals surface area contributed by atoms with E-state index in [-0.39, 0.29) is 5.15 Å². The summed E-state index contributed by atoms with van der Waals surface area (Å²) in [7, 11) is 0. The van der Waals surface area contributed by atoms with Crippen molar-refractivity contribution in [2.45, 2.75) is 20.3 Å². The van der Waals surface area contributed by atoms with Gasteiger partial charge in [0.1, 0.15) is 5.15 Å². The van der Waals surface area contributed by atoms with Gasteiger partial charge in [-0.2, -0.15) is 0 Å². The molecule has 5 nitrogen and oxygen atoms in total. The van der Waals surface area contributed by atoms with Gasteiger partial charge < -0.3 is 0 Å². The second kappa shape index (κ2) is 4.78. The van der Waals surface area contributed by atoms with E-state index in [1.807, 2.05) is 6.92 Å². The Hall–Kier alpha value is -1.88. The Balaban J connectivity index is 2.80. The molecule has 2 heterocycles. The van der Waals surface area contributed by atoms with Crippen LogP contribution < -0.4 is 11.2 Å². The molecule has 0 spiro atoms. The number of rotatable bonds is 2. The van der Waals surface area contributed by atoms with Gasteiger partial charge in [-0.25, -0.2) is 9.36 Å². The van der Waals surface area contributed by atoms with E-state index in [0.717, 1.165) is 10.1 Å². The molecule has 1 N–H and O–H groups in total. The van der Waals surface area contributed by atoms with E-state index >= 15 is 0 Å². The van der Waals surface area contributed by atoms with E-state index < -0.39 is 11.2 Å². The SMILES string of the molecule is CCc1c(Cl)[nH]c(=O)n(-c2cncc(C)c2)c1=O. The summed E-state index contributed by atoms with van der Waals surface area (Å²) in [5, 5.41) is 0.101. The Labute approximate surface area is 108 Å². The van der Waals surface area contributed by atoms with E-state index in [1.54, 1.807) is 19.2 Å². The van der Waals surface area contributed by atoms with Crippen LogP contribution in [0.15, 0.2) is 28.0 Å². The minimum Gasteiger partial charge on any atom is -0.297 e. The van der Waals surface area contributed by atoms with Crippen molar-refractivity contribution in [2.75, 3.05) is 0 Å². The molecule has 94 valence electrons. The minimum atomic E-state index is -0.561. The van der Waals surface area contributed by atoms with Gasteiger partial charge in [-0.1, -0.05) is 18.5 Å². The topological polar surface area (TPSA) is 67.8 Å². The number of hydrogen-bond acceptors (Lipinski definition) is 3. The van der Waals surface area contributed by atoms with Gasteiger partial charge in [0.15, 0.2) is 0 Å². The van der Waals surface area contributed by atoms with Gasteiger partial charge in [-0.3, -0.25) is 14.8 Å². The van der Waals surface area contributed by atoms with Crippen molar-refractivity contribution in [1.29, 1.82) is 0 Å². The van der Waals surface area contributed by atoms with Crippen LogP contribution in [0.5, 0.6) is 0 Å². The summed E-state index contributed by atoms with van der Waals surface area (Å²) < 4.78 is 1.05. The first-order chi connectivity index (χ1) is 8.54. The first kappa shape index (κ1) is 12.6. The average Bonchev–Trinajstić information content (AvgIpc) is 2.28. The molecule has 2 aromatic rings. The average molecular weight is 266 g/mol. The Morgan fingerprint density at radius 3 is 2.72 bits per heavy atom. The number of nitrogens with one attached hydrogen (secondary N) is 1. The van der Waals surface area contributed by atoms with Gasteiger partial charge in [0.25, 0.3) is 5.56 Å².